The molecule has 0 spiro atoms. The van der Waals surface area contributed by atoms with E-state index in [9.17, 15) is 9.59 Å². The molecule has 1 heterocycles. The first-order valence-electron chi connectivity index (χ1n) is 8.81. The van der Waals surface area contributed by atoms with Crippen molar-refractivity contribution in [3.8, 4) is 11.1 Å². The van der Waals surface area contributed by atoms with Crippen LogP contribution >= 0.6 is 0 Å². The fraction of sp³-hybridized carbons (Fsp3) is 0.0870. The number of hydrogen-bond acceptors (Lipinski definition) is 3. The van der Waals surface area contributed by atoms with Crippen LogP contribution in [0.5, 0.6) is 0 Å². The van der Waals surface area contributed by atoms with Crippen LogP contribution in [0.3, 0.4) is 0 Å². The topological polar surface area (TPSA) is 52.0 Å². The van der Waals surface area contributed by atoms with Crippen molar-refractivity contribution < 1.29 is 4.79 Å². The molecule has 1 aromatic heterocycles. The van der Waals surface area contributed by atoms with Gasteiger partial charge in [0, 0.05) is 6.42 Å². The van der Waals surface area contributed by atoms with Gasteiger partial charge in [0.05, 0.1) is 23.8 Å². The molecule has 0 radical (unpaired) electrons. The molecule has 0 aliphatic rings. The van der Waals surface area contributed by atoms with Gasteiger partial charge >= 0.3 is 0 Å². The standard InChI is InChI=1S/C23H18N2O2/c26-20(15-25-16-24-22-9-5-4-8-21(22)23(25)27)14-17-10-12-19(13-11-17)18-6-2-1-3-7-18/h1-13,16H,14-15H2. The van der Waals surface area contributed by atoms with E-state index in [4.69, 9.17) is 0 Å². The summed E-state index contributed by atoms with van der Waals surface area (Å²) in [6.07, 6.45) is 1.73. The molecule has 0 bridgehead atoms. The Bertz CT molecular complexity index is 1150. The van der Waals surface area contributed by atoms with Crippen LogP contribution in [0.1, 0.15) is 5.56 Å². The van der Waals surface area contributed by atoms with E-state index in [1.165, 1.54) is 10.9 Å². The van der Waals surface area contributed by atoms with Crippen molar-refractivity contribution >= 4 is 16.7 Å². The molecule has 0 atom stereocenters. The molecular weight excluding hydrogens is 336 g/mol. The summed E-state index contributed by atoms with van der Waals surface area (Å²) in [4.78, 5) is 29.2. The fourth-order valence-electron chi connectivity index (χ4n) is 3.14. The summed E-state index contributed by atoms with van der Waals surface area (Å²) in [6.45, 7) is 0.0249. The maximum Gasteiger partial charge on any atom is 0.261 e. The van der Waals surface area contributed by atoms with E-state index in [-0.39, 0.29) is 24.3 Å². The van der Waals surface area contributed by atoms with Gasteiger partial charge in [0.15, 0.2) is 5.78 Å². The summed E-state index contributed by atoms with van der Waals surface area (Å²) in [5.74, 6) is -0.0263. The number of aromatic nitrogens is 2. The molecule has 0 N–H and O–H groups in total. The Balaban J connectivity index is 1.48. The lowest BCUT2D eigenvalue weighted by molar-refractivity contribution is -0.119. The third-order valence-corrected chi connectivity index (χ3v) is 4.54. The monoisotopic (exact) mass is 354 g/mol. The average Bonchev–Trinajstić information content (AvgIpc) is 2.71. The van der Waals surface area contributed by atoms with E-state index in [0.29, 0.717) is 10.9 Å². The third kappa shape index (κ3) is 3.70. The van der Waals surface area contributed by atoms with Crippen LogP contribution in [0, 0.1) is 0 Å². The Kier molecular flexibility index (Phi) is 4.62. The van der Waals surface area contributed by atoms with Gasteiger partial charge < -0.3 is 0 Å². The lowest BCUT2D eigenvalue weighted by atomic mass is 10.0. The van der Waals surface area contributed by atoms with Gasteiger partial charge in [0.1, 0.15) is 0 Å². The van der Waals surface area contributed by atoms with Crippen molar-refractivity contribution in [2.24, 2.45) is 0 Å². The van der Waals surface area contributed by atoms with Crippen molar-refractivity contribution in [2.45, 2.75) is 13.0 Å². The molecule has 0 saturated carbocycles. The average molecular weight is 354 g/mol. The van der Waals surface area contributed by atoms with Gasteiger partial charge in [-0.05, 0) is 28.8 Å². The largest absolute Gasteiger partial charge is 0.297 e. The van der Waals surface area contributed by atoms with Gasteiger partial charge in [-0.3, -0.25) is 14.2 Å². The van der Waals surface area contributed by atoms with Crippen molar-refractivity contribution in [3.63, 3.8) is 0 Å². The predicted octanol–water partition coefficient (Wildman–Crippen LogP) is 3.88. The first-order chi connectivity index (χ1) is 13.2. The number of nitrogens with zero attached hydrogens (tertiary/aromatic N) is 2. The summed E-state index contributed by atoms with van der Waals surface area (Å²) in [5.41, 5.74) is 3.64. The van der Waals surface area contributed by atoms with E-state index in [1.807, 2.05) is 48.5 Å². The molecule has 132 valence electrons. The molecule has 0 saturated heterocycles. The van der Waals surface area contributed by atoms with Crippen LogP contribution in [0.4, 0.5) is 0 Å². The number of carbonyl (C=O) groups is 1. The van der Waals surface area contributed by atoms with Gasteiger partial charge in [0.25, 0.3) is 5.56 Å². The molecule has 0 amide bonds. The molecule has 0 fully saturated rings. The molecule has 0 aliphatic carbocycles. The van der Waals surface area contributed by atoms with Crippen molar-refractivity contribution in [1.82, 2.24) is 9.55 Å². The van der Waals surface area contributed by atoms with Gasteiger partial charge in [-0.2, -0.15) is 0 Å². The highest BCUT2D eigenvalue weighted by Crippen LogP contribution is 2.19. The highest BCUT2D eigenvalue weighted by molar-refractivity contribution is 5.82. The van der Waals surface area contributed by atoms with Gasteiger partial charge in [-0.25, -0.2) is 4.98 Å². The highest BCUT2D eigenvalue weighted by atomic mass is 16.1. The van der Waals surface area contributed by atoms with E-state index < -0.39 is 0 Å². The normalized spacial score (nSPS) is 10.8. The number of benzene rings is 3. The van der Waals surface area contributed by atoms with Crippen LogP contribution in [0.25, 0.3) is 22.0 Å². The summed E-state index contributed by atoms with van der Waals surface area (Å²) in [5, 5.41) is 0.528. The van der Waals surface area contributed by atoms with Crippen molar-refractivity contribution in [2.75, 3.05) is 0 Å². The minimum atomic E-state index is -0.187. The Morgan fingerprint density at radius 1 is 0.815 bits per heavy atom. The second kappa shape index (κ2) is 7.38. The number of para-hydroxylation sites is 1. The molecule has 0 aliphatic heterocycles. The predicted molar refractivity (Wildman–Crippen MR) is 107 cm³/mol. The number of hydrogen-bond donors (Lipinski definition) is 0. The maximum atomic E-state index is 12.5. The van der Waals surface area contributed by atoms with Gasteiger partial charge in [-0.15, -0.1) is 0 Å². The first kappa shape index (κ1) is 16.9. The number of Topliss-reactive ketones (excluding diaryl/α,β-unsaturated/α-hetero) is 1. The first-order valence-corrected chi connectivity index (χ1v) is 8.81. The molecule has 27 heavy (non-hydrogen) atoms. The smallest absolute Gasteiger partial charge is 0.261 e. The summed E-state index contributed by atoms with van der Waals surface area (Å²) in [7, 11) is 0. The number of carbonyl (C=O) groups excluding carboxylic acids is 1. The molecule has 4 heteroatoms. The van der Waals surface area contributed by atoms with Gasteiger partial charge in [0.2, 0.25) is 0 Å². The minimum absolute atomic E-state index is 0.0249. The zero-order valence-corrected chi connectivity index (χ0v) is 14.7. The lowest BCUT2D eigenvalue weighted by Gasteiger charge is -2.07. The molecule has 4 aromatic rings. The van der Waals surface area contributed by atoms with Crippen LogP contribution in [-0.2, 0) is 17.8 Å². The van der Waals surface area contributed by atoms with Crippen LogP contribution in [-0.4, -0.2) is 15.3 Å². The molecular formula is C23H18N2O2. The Morgan fingerprint density at radius 2 is 1.48 bits per heavy atom. The Morgan fingerprint density at radius 3 is 2.26 bits per heavy atom. The number of ketones is 1. The van der Waals surface area contributed by atoms with E-state index in [2.05, 4.69) is 17.1 Å². The molecule has 0 unspecified atom stereocenters. The zero-order chi connectivity index (χ0) is 18.6. The van der Waals surface area contributed by atoms with Crippen LogP contribution < -0.4 is 5.56 Å². The zero-order valence-electron chi connectivity index (χ0n) is 14.7. The molecule has 3 aromatic carbocycles. The summed E-state index contributed by atoms with van der Waals surface area (Å²) in [6, 6.07) is 25.2. The van der Waals surface area contributed by atoms with Crippen molar-refractivity contribution in [1.29, 1.82) is 0 Å². The number of rotatable bonds is 5. The maximum absolute atomic E-state index is 12.5. The van der Waals surface area contributed by atoms with Crippen LogP contribution in [0.2, 0.25) is 0 Å². The second-order valence-electron chi connectivity index (χ2n) is 6.47. The molecule has 4 nitrogen and oxygen atoms in total. The highest BCUT2D eigenvalue weighted by Gasteiger charge is 2.09. The third-order valence-electron chi connectivity index (χ3n) is 4.54. The summed E-state index contributed by atoms with van der Waals surface area (Å²) >= 11 is 0. The molecule has 4 rings (SSSR count). The van der Waals surface area contributed by atoms with Crippen molar-refractivity contribution in [3.05, 3.63) is 101 Å². The SMILES string of the molecule is O=C(Cc1ccc(-c2ccccc2)cc1)Cn1cnc2ccccc2c1=O. The minimum Gasteiger partial charge on any atom is -0.297 e. The fourth-order valence-corrected chi connectivity index (χ4v) is 3.14. The van der Waals surface area contributed by atoms with Gasteiger partial charge in [-0.1, -0.05) is 66.7 Å². The number of fused-ring (bicyclic) bond motifs is 1. The van der Waals surface area contributed by atoms with E-state index >= 15 is 0 Å². The Labute approximate surface area is 156 Å². The summed E-state index contributed by atoms with van der Waals surface area (Å²) < 4.78 is 1.38. The van der Waals surface area contributed by atoms with Crippen LogP contribution in [0.15, 0.2) is 90.0 Å². The second-order valence-corrected chi connectivity index (χ2v) is 6.47. The van der Waals surface area contributed by atoms with E-state index in [0.717, 1.165) is 16.7 Å². The van der Waals surface area contributed by atoms with E-state index in [1.54, 1.807) is 18.2 Å². The quantitative estimate of drug-likeness (QED) is 0.547. The lowest BCUT2D eigenvalue weighted by Crippen LogP contribution is -2.25. The Hall–Kier alpha value is -3.53.